The van der Waals surface area contributed by atoms with Gasteiger partial charge in [0.05, 0.1) is 50.2 Å². The number of benzene rings is 6. The van der Waals surface area contributed by atoms with Gasteiger partial charge in [-0.1, -0.05) is 133 Å². The maximum atomic E-state index is 12.4. The lowest BCUT2D eigenvalue weighted by Gasteiger charge is -2.18. The molecule has 12 rings (SSSR count). The molecular formula is C84H81F3N6O13S6. The third-order valence-electron chi connectivity index (χ3n) is 14.1. The van der Waals surface area contributed by atoms with Crippen LogP contribution in [-0.2, 0) is 47.4 Å². The Morgan fingerprint density at radius 3 is 1.39 bits per heavy atom. The summed E-state index contributed by atoms with van der Waals surface area (Å²) in [6.45, 7) is 20.5. The highest BCUT2D eigenvalue weighted by molar-refractivity contribution is 7.15. The van der Waals surface area contributed by atoms with Crippen molar-refractivity contribution in [2.75, 3.05) is 39.6 Å². The van der Waals surface area contributed by atoms with E-state index in [1.165, 1.54) is 91.1 Å². The quantitative estimate of drug-likeness (QED) is 0.0369. The van der Waals surface area contributed by atoms with Crippen LogP contribution in [0.1, 0.15) is 167 Å². The minimum Gasteiger partial charge on any atom is -0.494 e. The van der Waals surface area contributed by atoms with E-state index in [1.807, 2.05) is 180 Å². The zero-order chi connectivity index (χ0) is 80.8. The highest BCUT2D eigenvalue weighted by Gasteiger charge is 2.30. The number of aryl methyl sites for hydroxylation is 3. The highest BCUT2D eigenvalue weighted by Crippen LogP contribution is 2.33. The van der Waals surface area contributed by atoms with Crippen molar-refractivity contribution >= 4 is 116 Å². The molecule has 0 spiro atoms. The lowest BCUT2D eigenvalue weighted by molar-refractivity contribution is -0.137. The molecule has 0 amide bonds. The van der Waals surface area contributed by atoms with E-state index in [0.717, 1.165) is 77.9 Å². The Bertz CT molecular complexity index is 5010. The highest BCUT2D eigenvalue weighted by atomic mass is 32.1. The Kier molecular flexibility index (Phi) is 36.0. The monoisotopic (exact) mass is 1630 g/mol. The molecule has 0 unspecified atom stereocenters. The molecule has 112 heavy (non-hydrogen) atoms. The average molecular weight is 1630 g/mol. The van der Waals surface area contributed by atoms with Gasteiger partial charge in [-0.15, -0.1) is 68.0 Å². The minimum absolute atomic E-state index is 0.159. The van der Waals surface area contributed by atoms with Crippen molar-refractivity contribution in [3.63, 3.8) is 0 Å². The number of thiazole rings is 6. The topological polar surface area (TPSA) is 244 Å². The van der Waals surface area contributed by atoms with Crippen molar-refractivity contribution < 1.29 is 75.1 Å². The summed E-state index contributed by atoms with van der Waals surface area (Å²) in [5.74, 6) is 4.41. The van der Waals surface area contributed by atoms with Gasteiger partial charge in [0.1, 0.15) is 31.4 Å². The molecule has 0 saturated carbocycles. The first kappa shape index (κ1) is 88.0. The molecule has 28 heteroatoms. The Labute approximate surface area is 672 Å². The van der Waals surface area contributed by atoms with E-state index in [1.54, 1.807) is 56.1 Å². The van der Waals surface area contributed by atoms with Gasteiger partial charge in [-0.25, -0.2) is 58.7 Å². The molecule has 0 atom stereocenters. The number of nitrogens with zero attached hydrogens (tertiary/aromatic N) is 6. The van der Waals surface area contributed by atoms with Gasteiger partial charge in [0, 0.05) is 60.5 Å². The first-order valence-electron chi connectivity index (χ1n) is 35.0. The molecule has 582 valence electrons. The number of hydrogen-bond acceptors (Lipinski definition) is 25. The van der Waals surface area contributed by atoms with Crippen molar-refractivity contribution in [1.82, 2.24) is 29.9 Å². The molecule has 0 aliphatic rings. The summed E-state index contributed by atoms with van der Waals surface area (Å²) >= 11 is 8.38. The number of esters is 6. The Balaban J connectivity index is 0.000000187. The number of carbonyl (C=O) groups is 6. The molecule has 0 bridgehead atoms. The lowest BCUT2D eigenvalue weighted by Crippen LogP contribution is -2.24. The summed E-state index contributed by atoms with van der Waals surface area (Å²) in [7, 11) is 0. The zero-order valence-electron chi connectivity index (χ0n) is 62.9. The summed E-state index contributed by atoms with van der Waals surface area (Å²) < 4.78 is 72.5. The smallest absolute Gasteiger partial charge is 0.416 e. The molecule has 6 aromatic heterocycles. The van der Waals surface area contributed by atoms with Crippen LogP contribution in [0.25, 0.3) is 43.9 Å². The molecule has 0 aliphatic carbocycles. The molecule has 12 aromatic rings. The molecule has 0 aliphatic heterocycles. The van der Waals surface area contributed by atoms with Gasteiger partial charge in [0.2, 0.25) is 0 Å². The van der Waals surface area contributed by atoms with Crippen molar-refractivity contribution in [1.29, 1.82) is 0 Å². The van der Waals surface area contributed by atoms with Crippen molar-refractivity contribution in [2.24, 2.45) is 0 Å². The van der Waals surface area contributed by atoms with Crippen LogP contribution in [0.4, 0.5) is 13.2 Å². The summed E-state index contributed by atoms with van der Waals surface area (Å²) in [4.78, 5) is 95.5. The van der Waals surface area contributed by atoms with E-state index in [9.17, 15) is 41.9 Å². The van der Waals surface area contributed by atoms with E-state index in [4.69, 9.17) is 33.2 Å². The summed E-state index contributed by atoms with van der Waals surface area (Å²) in [6.07, 6.45) is 1.29. The Morgan fingerprint density at radius 1 is 0.420 bits per heavy atom. The lowest BCUT2D eigenvalue weighted by atomic mass is 10.1. The largest absolute Gasteiger partial charge is 0.494 e. The second kappa shape index (κ2) is 45.8. The minimum atomic E-state index is -4.36. The van der Waals surface area contributed by atoms with Crippen LogP contribution >= 0.6 is 68.0 Å². The predicted molar refractivity (Wildman–Crippen MR) is 436 cm³/mol. The van der Waals surface area contributed by atoms with E-state index in [-0.39, 0.29) is 36.2 Å². The maximum Gasteiger partial charge on any atom is 0.416 e. The number of halogens is 3. The second-order valence-electron chi connectivity index (χ2n) is 23.6. The molecule has 0 N–H and O–H groups in total. The van der Waals surface area contributed by atoms with Gasteiger partial charge in [0.15, 0.2) is 39.2 Å². The fraction of sp³-hybridized carbons (Fsp3) is 0.238. The SMILES string of the molecule is CC(C)(C)OC(=O)c1csc(C#Cc2ccccc2)n1.CCOC(=O)c1csc(-c2ccc(C(F)(F)F)cc2)n1.CCOC(=O)c1csc(-c2ccccc2)n1.CCOC(=O)c1csc(/C=C/c2ccccc2)n1.CCOC(=O)c1csc(CCc2ccccc2)n1.CCOC(=O)c1nc(-c2ccc(OCC)cc2)sc1C. The number of alkyl halides is 3. The van der Waals surface area contributed by atoms with Crippen LogP contribution in [0.2, 0.25) is 0 Å². The van der Waals surface area contributed by atoms with E-state index < -0.39 is 29.3 Å². The third kappa shape index (κ3) is 29.9. The predicted octanol–water partition coefficient (Wildman–Crippen LogP) is 20.8. The molecule has 0 radical (unpaired) electrons. The van der Waals surface area contributed by atoms with Crippen LogP contribution in [-0.4, -0.2) is 111 Å². The zero-order valence-corrected chi connectivity index (χ0v) is 67.8. The molecule has 0 saturated heterocycles. The fourth-order valence-electron chi connectivity index (χ4n) is 8.98. The van der Waals surface area contributed by atoms with Gasteiger partial charge in [-0.05, 0) is 147 Å². The summed E-state index contributed by atoms with van der Waals surface area (Å²) in [6, 6.07) is 51.9. The van der Waals surface area contributed by atoms with Crippen LogP contribution in [0.5, 0.6) is 5.75 Å². The van der Waals surface area contributed by atoms with Crippen molar-refractivity contribution in [2.45, 2.75) is 93.9 Å². The van der Waals surface area contributed by atoms with E-state index >= 15 is 0 Å². The molecule has 6 heterocycles. The normalized spacial score (nSPS) is 10.6. The number of ether oxygens (including phenoxy) is 7. The second-order valence-corrected chi connectivity index (χ2v) is 29.2. The standard InChI is InChI=1S/C16H15NO2S.C15H17NO3S.C14H15NO2S.C14H13NO2S.C13H10F3NO2S.C12H11NO2S/c1-16(2,3)19-15(18)13-11-20-14(17-13)10-9-12-7-5-4-6-8-12;1-4-18-12-8-6-11(7-9-12)14-16-13(10(3)20-14)15(17)19-5-2;2*1-2-17-14(16)12-10-18-13(15-12)9-8-11-6-4-3-5-7-11;1-2-19-12(18)10-7-20-11(17-10)8-3-5-9(6-4-8)13(14,15)16;1-2-15-12(14)10-8-16-11(13-10)9-6-4-3-5-7-9/h4-8,11H,1-3H3;6-9H,4-5H2,1-3H3;3-7,10H,2,8-9H2,1H3;3-10H,2H2,1H3;3-7H,2H2,1H3;3-8H,2H2,1H3/b;;;9-8+;;. The third-order valence-corrected chi connectivity index (χ3v) is 19.3. The number of rotatable bonds is 21. The number of aromatic nitrogens is 6. The molecule has 19 nitrogen and oxygen atoms in total. The summed E-state index contributed by atoms with van der Waals surface area (Å²) in [5.41, 5.74) is 6.62. The Morgan fingerprint density at radius 2 is 0.866 bits per heavy atom. The van der Waals surface area contributed by atoms with Gasteiger partial charge in [-0.2, -0.15) is 13.2 Å². The molecule has 6 aromatic carbocycles. The number of hydrogen-bond donors (Lipinski definition) is 0. The van der Waals surface area contributed by atoms with E-state index in [0.29, 0.717) is 77.1 Å². The van der Waals surface area contributed by atoms with Crippen molar-refractivity contribution in [3.8, 4) is 49.3 Å². The van der Waals surface area contributed by atoms with E-state index in [2.05, 4.69) is 53.9 Å². The maximum absolute atomic E-state index is 12.4. The first-order chi connectivity index (χ1) is 53.9. The van der Waals surface area contributed by atoms with Crippen LogP contribution in [0.15, 0.2) is 197 Å². The van der Waals surface area contributed by atoms with Crippen LogP contribution in [0.3, 0.4) is 0 Å². The molecule has 0 fully saturated rings. The first-order valence-corrected chi connectivity index (χ1v) is 40.3. The van der Waals surface area contributed by atoms with Gasteiger partial charge in [0.25, 0.3) is 0 Å². The summed E-state index contributed by atoms with van der Waals surface area (Å²) in [5, 5.41) is 12.9. The Hall–Kier alpha value is -11.2. The average Bonchev–Trinajstić information content (AvgIpc) is 1.66. The van der Waals surface area contributed by atoms with Gasteiger partial charge < -0.3 is 33.2 Å². The van der Waals surface area contributed by atoms with Crippen LogP contribution in [0, 0.1) is 18.8 Å². The van der Waals surface area contributed by atoms with Gasteiger partial charge >= 0.3 is 42.0 Å². The number of carbonyl (C=O) groups excluding carboxylic acids is 6. The molecular weight excluding hydrogens is 1550 g/mol. The fourth-order valence-corrected chi connectivity index (χ4v) is 13.6. The van der Waals surface area contributed by atoms with Crippen molar-refractivity contribution in [3.05, 3.63) is 273 Å². The van der Waals surface area contributed by atoms with Crippen LogP contribution < -0.4 is 4.74 Å². The van der Waals surface area contributed by atoms with Gasteiger partial charge in [-0.3, -0.25) is 0 Å².